The van der Waals surface area contributed by atoms with E-state index < -0.39 is 4.92 Å². The highest BCUT2D eigenvalue weighted by atomic mass is 16.6. The van der Waals surface area contributed by atoms with E-state index in [9.17, 15) is 19.7 Å². The van der Waals surface area contributed by atoms with Gasteiger partial charge in [-0.05, 0) is 25.0 Å². The minimum atomic E-state index is -0.565. The van der Waals surface area contributed by atoms with Crippen LogP contribution in [0.15, 0.2) is 18.2 Å². The van der Waals surface area contributed by atoms with Gasteiger partial charge in [0.2, 0.25) is 5.91 Å². The Bertz CT molecular complexity index is 513. The van der Waals surface area contributed by atoms with E-state index in [4.69, 9.17) is 0 Å². The quantitative estimate of drug-likeness (QED) is 0.465. The molecule has 0 aromatic heterocycles. The van der Waals surface area contributed by atoms with E-state index in [0.29, 0.717) is 19.3 Å². The summed E-state index contributed by atoms with van der Waals surface area (Å²) < 4.78 is 0. The van der Waals surface area contributed by atoms with Gasteiger partial charge in [-0.3, -0.25) is 19.7 Å². The number of benzene rings is 1. The van der Waals surface area contributed by atoms with Crippen molar-refractivity contribution in [1.29, 1.82) is 0 Å². The van der Waals surface area contributed by atoms with E-state index in [-0.39, 0.29) is 22.8 Å². The van der Waals surface area contributed by atoms with Crippen molar-refractivity contribution in [1.82, 2.24) is 0 Å². The number of nitrogens with zero attached hydrogens (tertiary/aromatic N) is 2. The van der Waals surface area contributed by atoms with Crippen LogP contribution < -0.4 is 4.90 Å². The number of piperidine rings is 1. The summed E-state index contributed by atoms with van der Waals surface area (Å²) in [5.74, 6) is -0.108. The third kappa shape index (κ3) is 2.22. The largest absolute Gasteiger partial charge is 0.306 e. The Hall–Kier alpha value is -2.24. The molecule has 1 aliphatic rings. The number of hydrogen-bond donors (Lipinski definition) is 0. The average Bonchev–Trinajstić information content (AvgIpc) is 2.38. The van der Waals surface area contributed by atoms with Crippen LogP contribution in [-0.2, 0) is 4.79 Å². The number of nitro groups is 1. The highest BCUT2D eigenvalue weighted by Crippen LogP contribution is 2.31. The van der Waals surface area contributed by atoms with Gasteiger partial charge in [0, 0.05) is 24.6 Å². The Morgan fingerprint density at radius 3 is 2.72 bits per heavy atom. The fourth-order valence-electron chi connectivity index (χ4n) is 2.05. The number of carbonyl (C=O) groups is 2. The second kappa shape index (κ2) is 4.95. The van der Waals surface area contributed by atoms with Crippen molar-refractivity contribution in [3.63, 3.8) is 0 Å². The molecule has 0 radical (unpaired) electrons. The van der Waals surface area contributed by atoms with Crippen LogP contribution in [0, 0.1) is 10.1 Å². The molecule has 0 aliphatic carbocycles. The molecule has 94 valence electrons. The summed E-state index contributed by atoms with van der Waals surface area (Å²) in [5.41, 5.74) is 0.306. The van der Waals surface area contributed by atoms with E-state index in [2.05, 4.69) is 0 Å². The van der Waals surface area contributed by atoms with Gasteiger partial charge >= 0.3 is 0 Å². The summed E-state index contributed by atoms with van der Waals surface area (Å²) in [4.78, 5) is 34.2. The van der Waals surface area contributed by atoms with Gasteiger partial charge in [-0.2, -0.15) is 0 Å². The van der Waals surface area contributed by atoms with Gasteiger partial charge in [-0.1, -0.05) is 0 Å². The molecule has 1 fully saturated rings. The monoisotopic (exact) mass is 248 g/mol. The first-order chi connectivity index (χ1) is 8.63. The first-order valence-electron chi connectivity index (χ1n) is 5.67. The standard InChI is InChI=1S/C12H12N2O4/c15-8-9-4-5-10(11(7-9)14(17)18)13-6-2-1-3-12(13)16/h4-5,7-8H,1-3,6H2. The molecule has 1 aromatic carbocycles. The fourth-order valence-corrected chi connectivity index (χ4v) is 2.05. The van der Waals surface area contributed by atoms with E-state index in [1.807, 2.05) is 0 Å². The van der Waals surface area contributed by atoms with E-state index >= 15 is 0 Å². The molecule has 0 atom stereocenters. The van der Waals surface area contributed by atoms with Gasteiger partial charge in [-0.15, -0.1) is 0 Å². The van der Waals surface area contributed by atoms with Gasteiger partial charge in [0.05, 0.1) is 4.92 Å². The molecule has 6 nitrogen and oxygen atoms in total. The molecule has 0 bridgehead atoms. The molecule has 1 aliphatic heterocycles. The predicted octanol–water partition coefficient (Wildman–Crippen LogP) is 1.92. The van der Waals surface area contributed by atoms with Crippen LogP contribution in [0.25, 0.3) is 0 Å². The van der Waals surface area contributed by atoms with Crippen LogP contribution in [0.1, 0.15) is 29.6 Å². The zero-order valence-corrected chi connectivity index (χ0v) is 9.67. The minimum absolute atomic E-state index is 0.108. The van der Waals surface area contributed by atoms with Gasteiger partial charge in [0.1, 0.15) is 12.0 Å². The molecule has 0 unspecified atom stereocenters. The van der Waals surface area contributed by atoms with Gasteiger partial charge < -0.3 is 4.90 Å². The molecule has 0 spiro atoms. The van der Waals surface area contributed by atoms with Crippen LogP contribution in [0.3, 0.4) is 0 Å². The van der Waals surface area contributed by atoms with E-state index in [0.717, 1.165) is 12.8 Å². The lowest BCUT2D eigenvalue weighted by Crippen LogP contribution is -2.35. The first kappa shape index (κ1) is 12.2. The van der Waals surface area contributed by atoms with Crippen molar-refractivity contribution in [2.24, 2.45) is 0 Å². The van der Waals surface area contributed by atoms with Crippen molar-refractivity contribution in [3.8, 4) is 0 Å². The second-order valence-corrected chi connectivity index (χ2v) is 4.13. The Morgan fingerprint density at radius 1 is 1.33 bits per heavy atom. The second-order valence-electron chi connectivity index (χ2n) is 4.13. The lowest BCUT2D eigenvalue weighted by atomic mass is 10.1. The highest BCUT2D eigenvalue weighted by Gasteiger charge is 2.26. The molecule has 0 N–H and O–H groups in total. The zero-order chi connectivity index (χ0) is 13.1. The topological polar surface area (TPSA) is 80.5 Å². The third-order valence-electron chi connectivity index (χ3n) is 2.95. The lowest BCUT2D eigenvalue weighted by Gasteiger charge is -2.26. The lowest BCUT2D eigenvalue weighted by molar-refractivity contribution is -0.384. The summed E-state index contributed by atoms with van der Waals surface area (Å²) in [6.07, 6.45) is 2.61. The number of carbonyl (C=O) groups excluding carboxylic acids is 2. The Balaban J connectivity index is 2.45. The van der Waals surface area contributed by atoms with Crippen molar-refractivity contribution in [2.45, 2.75) is 19.3 Å². The number of aldehydes is 1. The normalized spacial score (nSPS) is 15.6. The predicted molar refractivity (Wildman–Crippen MR) is 64.7 cm³/mol. The number of nitro benzene ring substituents is 1. The van der Waals surface area contributed by atoms with E-state index in [1.165, 1.54) is 23.1 Å². The maximum atomic E-state index is 11.8. The fraction of sp³-hybridized carbons (Fsp3) is 0.333. The zero-order valence-electron chi connectivity index (χ0n) is 9.67. The van der Waals surface area contributed by atoms with Crippen LogP contribution >= 0.6 is 0 Å². The van der Waals surface area contributed by atoms with Crippen LogP contribution in [-0.4, -0.2) is 23.7 Å². The number of hydrogen-bond acceptors (Lipinski definition) is 4. The molecule has 1 saturated heterocycles. The molecule has 1 heterocycles. The Kier molecular flexibility index (Phi) is 3.36. The SMILES string of the molecule is O=Cc1ccc(N2CCCCC2=O)c([N+](=O)[O-])c1. The van der Waals surface area contributed by atoms with Crippen LogP contribution in [0.5, 0.6) is 0 Å². The molecule has 18 heavy (non-hydrogen) atoms. The third-order valence-corrected chi connectivity index (χ3v) is 2.95. The number of rotatable bonds is 3. The molecular weight excluding hydrogens is 236 g/mol. The highest BCUT2D eigenvalue weighted by molar-refractivity contribution is 5.96. The molecule has 1 amide bonds. The minimum Gasteiger partial charge on any atom is -0.306 e. The smallest absolute Gasteiger partial charge is 0.293 e. The summed E-state index contributed by atoms with van der Waals surface area (Å²) in [6.45, 7) is 0.486. The van der Waals surface area contributed by atoms with Gasteiger partial charge in [-0.25, -0.2) is 0 Å². The maximum Gasteiger partial charge on any atom is 0.293 e. The molecule has 2 rings (SSSR count). The van der Waals surface area contributed by atoms with Crippen molar-refractivity contribution < 1.29 is 14.5 Å². The van der Waals surface area contributed by atoms with Crippen molar-refractivity contribution in [2.75, 3.05) is 11.4 Å². The summed E-state index contributed by atoms with van der Waals surface area (Å²) in [5, 5.41) is 11.0. The Morgan fingerprint density at radius 2 is 2.11 bits per heavy atom. The van der Waals surface area contributed by atoms with Crippen molar-refractivity contribution >= 4 is 23.6 Å². The molecule has 6 heteroatoms. The van der Waals surface area contributed by atoms with Gasteiger partial charge in [0.15, 0.2) is 0 Å². The average molecular weight is 248 g/mol. The van der Waals surface area contributed by atoms with Crippen LogP contribution in [0.2, 0.25) is 0 Å². The van der Waals surface area contributed by atoms with Crippen molar-refractivity contribution in [3.05, 3.63) is 33.9 Å². The molecular formula is C12H12N2O4. The van der Waals surface area contributed by atoms with E-state index in [1.54, 1.807) is 0 Å². The molecule has 0 saturated carbocycles. The maximum absolute atomic E-state index is 11.8. The Labute approximate surface area is 103 Å². The summed E-state index contributed by atoms with van der Waals surface area (Å²) >= 11 is 0. The van der Waals surface area contributed by atoms with Crippen LogP contribution in [0.4, 0.5) is 11.4 Å². The number of anilines is 1. The first-order valence-corrected chi connectivity index (χ1v) is 5.67. The number of amides is 1. The summed E-state index contributed by atoms with van der Waals surface area (Å²) in [6, 6.07) is 4.15. The molecule has 1 aromatic rings. The summed E-state index contributed by atoms with van der Waals surface area (Å²) in [7, 11) is 0. The van der Waals surface area contributed by atoms with Gasteiger partial charge in [0.25, 0.3) is 5.69 Å².